The zero-order chi connectivity index (χ0) is 38.7. The molecule has 2 heteroatoms. The van der Waals surface area contributed by atoms with Crippen LogP contribution in [0.2, 0.25) is 19.6 Å². The smallest absolute Gasteiger partial charge is 0.0775 e. The van der Waals surface area contributed by atoms with Crippen molar-refractivity contribution in [1.82, 2.24) is 0 Å². The largest absolute Gasteiger partial charge is 0.310 e. The van der Waals surface area contributed by atoms with Gasteiger partial charge in [0.15, 0.2) is 0 Å². The van der Waals surface area contributed by atoms with E-state index in [9.17, 15) is 0 Å². The van der Waals surface area contributed by atoms with Gasteiger partial charge in [-0.25, -0.2) is 0 Å². The van der Waals surface area contributed by atoms with Crippen LogP contribution in [0.4, 0.5) is 17.1 Å². The monoisotopic (exact) mass is 759 g/mol. The van der Waals surface area contributed by atoms with Gasteiger partial charge in [-0.05, 0) is 154 Å². The Morgan fingerprint density at radius 1 is 0.509 bits per heavy atom. The molecule has 3 saturated carbocycles. The van der Waals surface area contributed by atoms with Gasteiger partial charge >= 0.3 is 0 Å². The Morgan fingerprint density at radius 3 is 1.72 bits per heavy atom. The Balaban J connectivity index is 1.08. The van der Waals surface area contributed by atoms with Crippen LogP contribution in [0.15, 0.2) is 133 Å². The summed E-state index contributed by atoms with van der Waals surface area (Å²) < 4.78 is 0. The zero-order valence-electron chi connectivity index (χ0n) is 34.6. The van der Waals surface area contributed by atoms with E-state index in [1.54, 1.807) is 16.7 Å². The van der Waals surface area contributed by atoms with E-state index in [4.69, 9.17) is 0 Å². The predicted octanol–water partition coefficient (Wildman–Crippen LogP) is 14.6. The summed E-state index contributed by atoms with van der Waals surface area (Å²) in [6.07, 6.45) is 10.5. The highest BCUT2D eigenvalue weighted by Crippen LogP contribution is 2.65. The lowest BCUT2D eigenvalue weighted by Crippen LogP contribution is -2.49. The fourth-order valence-corrected chi connectivity index (χ4v) is 14.5. The van der Waals surface area contributed by atoms with Crippen molar-refractivity contribution in [2.75, 3.05) is 4.90 Å². The standard InChI is InChI=1S/C55H57NSi/c1-36-30-38-32-37(2)55(41(31-36)33-38)51-15-9-7-13-47(51)49-27-23-44(35-53(49)55)56(42-20-16-39(17-21-42)40-18-24-45(25-19-40)57(3,4)5)43-22-26-48-46-12-6-8-14-50(46)54(52(48)34-43)28-10-11-29-54/h6-9,12-27,34-38,41H,10-11,28-33H2,1-5H3/t36-,37+,38?,41+,55-/m1/s1. The maximum atomic E-state index is 2.65. The van der Waals surface area contributed by atoms with Gasteiger partial charge in [0.1, 0.15) is 0 Å². The number of hydrogen-bond donors (Lipinski definition) is 0. The molecule has 6 aromatic rings. The molecule has 6 aromatic carbocycles. The molecule has 0 N–H and O–H groups in total. The van der Waals surface area contributed by atoms with Crippen molar-refractivity contribution < 1.29 is 0 Å². The Morgan fingerprint density at radius 2 is 1.05 bits per heavy atom. The fourth-order valence-electron chi connectivity index (χ4n) is 13.4. The van der Waals surface area contributed by atoms with E-state index in [0.717, 1.165) is 11.8 Å². The first kappa shape index (κ1) is 35.5. The molecule has 0 saturated heterocycles. The SMILES string of the molecule is C[C@@H]1CC2C[C@H](C1)[C@@]1(c3ccccc3-c3ccc(N(c4ccc(-c5ccc([Si](C)(C)C)cc5)cc4)c4ccc5c(c4)C4(CCCC4)c4ccccc4-5)cc31)[C@@H](C)C2. The highest BCUT2D eigenvalue weighted by molar-refractivity contribution is 6.88. The van der Waals surface area contributed by atoms with Crippen molar-refractivity contribution in [3.8, 4) is 33.4 Å². The van der Waals surface area contributed by atoms with Crippen molar-refractivity contribution in [1.29, 1.82) is 0 Å². The molecule has 57 heavy (non-hydrogen) atoms. The average molecular weight is 760 g/mol. The first-order valence-corrected chi connectivity index (χ1v) is 25.6. The van der Waals surface area contributed by atoms with E-state index in [2.05, 4.69) is 172 Å². The minimum Gasteiger partial charge on any atom is -0.310 e. The van der Waals surface area contributed by atoms with E-state index in [1.807, 2.05) is 0 Å². The molecule has 0 radical (unpaired) electrons. The van der Waals surface area contributed by atoms with E-state index in [0.29, 0.717) is 11.8 Å². The van der Waals surface area contributed by atoms with Gasteiger partial charge in [-0.2, -0.15) is 0 Å². The lowest BCUT2D eigenvalue weighted by molar-refractivity contribution is 0.0426. The average Bonchev–Trinajstić information content (AvgIpc) is 3.90. The van der Waals surface area contributed by atoms with Crippen molar-refractivity contribution >= 4 is 30.3 Å². The predicted molar refractivity (Wildman–Crippen MR) is 244 cm³/mol. The summed E-state index contributed by atoms with van der Waals surface area (Å²) >= 11 is 0. The number of benzene rings is 6. The second-order valence-electron chi connectivity index (χ2n) is 19.9. The van der Waals surface area contributed by atoms with Gasteiger partial charge in [-0.15, -0.1) is 0 Å². The van der Waals surface area contributed by atoms with Crippen molar-refractivity contribution in [3.05, 3.63) is 156 Å². The van der Waals surface area contributed by atoms with Gasteiger partial charge in [-0.1, -0.05) is 149 Å². The Hall–Kier alpha value is -4.66. The molecule has 0 aromatic heterocycles. The van der Waals surface area contributed by atoms with Crippen LogP contribution in [0.25, 0.3) is 33.4 Å². The molecule has 3 fully saturated rings. The van der Waals surface area contributed by atoms with Gasteiger partial charge in [0.2, 0.25) is 0 Å². The minimum atomic E-state index is -1.36. The quantitative estimate of drug-likeness (QED) is 0.158. The zero-order valence-corrected chi connectivity index (χ0v) is 35.6. The molecule has 2 spiro atoms. The van der Waals surface area contributed by atoms with Gasteiger partial charge < -0.3 is 4.90 Å². The highest BCUT2D eigenvalue weighted by Gasteiger charge is 2.56. The van der Waals surface area contributed by atoms with Gasteiger partial charge in [0.05, 0.1) is 8.07 Å². The summed E-state index contributed by atoms with van der Waals surface area (Å²) in [5, 5.41) is 1.51. The molecule has 0 heterocycles. The second kappa shape index (κ2) is 12.9. The van der Waals surface area contributed by atoms with Crippen LogP contribution >= 0.6 is 0 Å². The number of hydrogen-bond acceptors (Lipinski definition) is 1. The van der Waals surface area contributed by atoms with E-state index in [-0.39, 0.29) is 10.8 Å². The van der Waals surface area contributed by atoms with Crippen molar-refractivity contribution in [3.63, 3.8) is 0 Å². The van der Waals surface area contributed by atoms with Gasteiger partial charge in [-0.3, -0.25) is 0 Å². The normalized spacial score (nSPS) is 24.9. The first-order valence-electron chi connectivity index (χ1n) is 22.1. The third kappa shape index (κ3) is 5.25. The van der Waals surface area contributed by atoms with Crippen LogP contribution in [0, 0.1) is 23.7 Å². The molecular weight excluding hydrogens is 703 g/mol. The minimum absolute atomic E-state index is 0.0538. The van der Waals surface area contributed by atoms with E-state index < -0.39 is 8.07 Å². The van der Waals surface area contributed by atoms with Gasteiger partial charge in [0, 0.05) is 27.9 Å². The molecule has 11 rings (SSSR count). The van der Waals surface area contributed by atoms with Crippen LogP contribution in [-0.2, 0) is 10.8 Å². The number of fused-ring (bicyclic) bond motifs is 13. The molecular formula is C55H57NSi. The van der Waals surface area contributed by atoms with Crippen LogP contribution < -0.4 is 10.1 Å². The lowest BCUT2D eigenvalue weighted by Gasteiger charge is -2.54. The molecule has 5 aliphatic rings. The molecule has 1 nitrogen and oxygen atoms in total. The summed E-state index contributed by atoms with van der Waals surface area (Å²) in [7, 11) is -1.36. The van der Waals surface area contributed by atoms with Crippen LogP contribution in [0.1, 0.15) is 87.5 Å². The van der Waals surface area contributed by atoms with Crippen LogP contribution in [-0.4, -0.2) is 8.07 Å². The molecule has 286 valence electrons. The van der Waals surface area contributed by atoms with Gasteiger partial charge in [0.25, 0.3) is 0 Å². The Labute approximate surface area is 342 Å². The van der Waals surface area contributed by atoms with E-state index >= 15 is 0 Å². The second-order valence-corrected chi connectivity index (χ2v) is 25.0. The van der Waals surface area contributed by atoms with E-state index in [1.165, 1.54) is 113 Å². The maximum absolute atomic E-state index is 2.65. The summed E-state index contributed by atoms with van der Waals surface area (Å²) in [6.45, 7) is 12.4. The number of anilines is 3. The third-order valence-corrected chi connectivity index (χ3v) is 17.8. The van der Waals surface area contributed by atoms with Crippen LogP contribution in [0.5, 0.6) is 0 Å². The molecule has 0 aliphatic heterocycles. The third-order valence-electron chi connectivity index (χ3n) is 15.7. The first-order chi connectivity index (χ1) is 27.6. The number of rotatable bonds is 5. The molecule has 2 bridgehead atoms. The summed E-state index contributed by atoms with van der Waals surface area (Å²) in [4.78, 5) is 2.60. The summed E-state index contributed by atoms with van der Waals surface area (Å²) in [6, 6.07) is 52.7. The maximum Gasteiger partial charge on any atom is 0.0775 e. The molecule has 0 amide bonds. The summed E-state index contributed by atoms with van der Waals surface area (Å²) in [5.74, 6) is 2.93. The Bertz CT molecular complexity index is 2510. The van der Waals surface area contributed by atoms with Crippen molar-refractivity contribution in [2.24, 2.45) is 23.7 Å². The topological polar surface area (TPSA) is 3.24 Å². The Kier molecular flexibility index (Phi) is 8.05. The van der Waals surface area contributed by atoms with Crippen molar-refractivity contribution in [2.45, 2.75) is 95.7 Å². The number of nitrogens with zero attached hydrogens (tertiary/aromatic N) is 1. The molecule has 5 atom stereocenters. The molecule has 5 aliphatic carbocycles. The lowest BCUT2D eigenvalue weighted by atomic mass is 9.49. The molecule has 1 unspecified atom stereocenters. The van der Waals surface area contributed by atoms with Crippen LogP contribution in [0.3, 0.4) is 0 Å². The summed E-state index contributed by atoms with van der Waals surface area (Å²) in [5.41, 5.74) is 18.6. The highest BCUT2D eigenvalue weighted by atomic mass is 28.3. The fraction of sp³-hybridized carbons (Fsp3) is 0.345.